The molecule has 2 aliphatic heterocycles. The van der Waals surface area contributed by atoms with E-state index in [-0.39, 0.29) is 23.0 Å². The van der Waals surface area contributed by atoms with E-state index in [1.165, 1.54) is 11.3 Å². The van der Waals surface area contributed by atoms with Crippen LogP contribution in [0, 0.1) is 6.92 Å². The highest BCUT2D eigenvalue weighted by atomic mass is 32.2. The maximum atomic E-state index is 12.1. The molecule has 0 radical (unpaired) electrons. The Morgan fingerprint density at radius 3 is 2.82 bits per heavy atom. The van der Waals surface area contributed by atoms with E-state index < -0.39 is 9.84 Å². The van der Waals surface area contributed by atoms with Gasteiger partial charge < -0.3 is 4.90 Å². The zero-order valence-corrected chi connectivity index (χ0v) is 10.9. The number of carbonyl (C=O) groups excluding carboxylic acids is 1. The monoisotopic (exact) mass is 272 g/mol. The Bertz CT molecular complexity index is 578. The highest BCUT2D eigenvalue weighted by molar-refractivity contribution is 7.92. The highest BCUT2D eigenvalue weighted by Gasteiger charge is 2.50. The first-order valence-electron chi connectivity index (χ1n) is 5.42. The lowest BCUT2D eigenvalue weighted by Crippen LogP contribution is -2.44. The first kappa shape index (κ1) is 11.2. The van der Waals surface area contributed by atoms with E-state index in [1.807, 2.05) is 6.92 Å². The summed E-state index contributed by atoms with van der Waals surface area (Å²) in [5.41, 5.74) is 0.442. The van der Waals surface area contributed by atoms with Crippen LogP contribution in [0.2, 0.25) is 0 Å². The fourth-order valence-corrected chi connectivity index (χ4v) is 5.17. The first-order chi connectivity index (χ1) is 7.97. The Morgan fingerprint density at radius 1 is 1.59 bits per heavy atom. The molecule has 92 valence electrons. The molecule has 3 heterocycles. The third-order valence-corrected chi connectivity index (χ3v) is 6.39. The Hall–Kier alpha value is -0.950. The van der Waals surface area contributed by atoms with Gasteiger partial charge in [0, 0.05) is 18.0 Å². The van der Waals surface area contributed by atoms with Gasteiger partial charge in [0.25, 0.3) is 5.91 Å². The summed E-state index contributed by atoms with van der Waals surface area (Å²) < 4.78 is 23.2. The molecule has 1 aromatic heterocycles. The molecule has 2 fully saturated rings. The van der Waals surface area contributed by atoms with E-state index in [1.54, 1.807) is 10.3 Å². The fraction of sp³-hybridized carbons (Fsp3) is 0.600. The lowest BCUT2D eigenvalue weighted by atomic mass is 10.2. The van der Waals surface area contributed by atoms with E-state index in [2.05, 4.69) is 4.98 Å². The van der Waals surface area contributed by atoms with Crippen LogP contribution >= 0.6 is 11.3 Å². The van der Waals surface area contributed by atoms with Crippen molar-refractivity contribution < 1.29 is 13.2 Å². The quantitative estimate of drug-likeness (QED) is 0.745. The van der Waals surface area contributed by atoms with Crippen molar-refractivity contribution in [1.82, 2.24) is 9.88 Å². The van der Waals surface area contributed by atoms with Crippen molar-refractivity contribution >= 4 is 27.1 Å². The maximum Gasteiger partial charge on any atom is 0.273 e. The molecule has 0 saturated carbocycles. The lowest BCUT2D eigenvalue weighted by Gasteiger charge is -2.26. The SMILES string of the molecule is Cc1nc(C(=O)N2CC3CC2CS3(=O)=O)cs1. The number of thiazole rings is 1. The minimum atomic E-state index is -2.94. The van der Waals surface area contributed by atoms with Crippen molar-refractivity contribution in [2.75, 3.05) is 12.3 Å². The summed E-state index contributed by atoms with van der Waals surface area (Å²) in [5.74, 6) is -0.0104. The number of aromatic nitrogens is 1. The first-order valence-corrected chi connectivity index (χ1v) is 8.01. The van der Waals surface area contributed by atoms with Crippen LogP contribution in [0.15, 0.2) is 5.38 Å². The Labute approximate surface area is 103 Å². The molecule has 1 amide bonds. The third-order valence-electron chi connectivity index (χ3n) is 3.41. The Balaban J connectivity index is 1.83. The molecule has 0 N–H and O–H groups in total. The standard InChI is InChI=1S/C10H12N2O3S2/c1-6-11-9(4-16-6)10(13)12-3-8-2-7(12)5-17(8,14)15/h4,7-8H,2-3,5H2,1H3. The number of hydrogen-bond acceptors (Lipinski definition) is 5. The fourth-order valence-electron chi connectivity index (χ4n) is 2.55. The second-order valence-electron chi connectivity index (χ2n) is 4.55. The Kier molecular flexibility index (Phi) is 2.31. The number of sulfone groups is 1. The summed E-state index contributed by atoms with van der Waals surface area (Å²) in [6.07, 6.45) is 0.594. The molecule has 7 heteroatoms. The molecule has 0 spiro atoms. The molecule has 2 atom stereocenters. The molecule has 1 aromatic rings. The predicted molar refractivity (Wildman–Crippen MR) is 63.9 cm³/mol. The summed E-state index contributed by atoms with van der Waals surface area (Å²) >= 11 is 1.43. The number of amides is 1. The van der Waals surface area contributed by atoms with Crippen LogP contribution in [0.3, 0.4) is 0 Å². The van der Waals surface area contributed by atoms with Gasteiger partial charge in [0.2, 0.25) is 0 Å². The van der Waals surface area contributed by atoms with Gasteiger partial charge in [0.15, 0.2) is 9.84 Å². The molecule has 2 saturated heterocycles. The lowest BCUT2D eigenvalue weighted by molar-refractivity contribution is 0.0740. The summed E-state index contributed by atoms with van der Waals surface area (Å²) in [6, 6.07) is -0.139. The zero-order chi connectivity index (χ0) is 12.2. The normalized spacial score (nSPS) is 29.8. The van der Waals surface area contributed by atoms with Crippen LogP contribution in [0.25, 0.3) is 0 Å². The molecule has 2 bridgehead atoms. The molecule has 5 nitrogen and oxygen atoms in total. The van der Waals surface area contributed by atoms with E-state index >= 15 is 0 Å². The van der Waals surface area contributed by atoms with Gasteiger partial charge in [-0.2, -0.15) is 0 Å². The highest BCUT2D eigenvalue weighted by Crippen LogP contribution is 2.33. The van der Waals surface area contributed by atoms with Gasteiger partial charge in [-0.1, -0.05) is 0 Å². The molecule has 3 rings (SSSR count). The summed E-state index contributed by atoms with van der Waals surface area (Å²) in [5, 5.41) is 2.24. The van der Waals surface area contributed by atoms with Crippen LogP contribution in [0.1, 0.15) is 21.9 Å². The molecule has 2 unspecified atom stereocenters. The number of likely N-dealkylation sites (tertiary alicyclic amines) is 1. The molecule has 0 aliphatic carbocycles. The van der Waals surface area contributed by atoms with Crippen LogP contribution < -0.4 is 0 Å². The second-order valence-corrected chi connectivity index (χ2v) is 7.94. The minimum Gasteiger partial charge on any atom is -0.332 e. The summed E-state index contributed by atoms with van der Waals surface area (Å²) in [7, 11) is -2.94. The van der Waals surface area contributed by atoms with Crippen molar-refractivity contribution in [3.63, 3.8) is 0 Å². The van der Waals surface area contributed by atoms with E-state index in [4.69, 9.17) is 0 Å². The maximum absolute atomic E-state index is 12.1. The zero-order valence-electron chi connectivity index (χ0n) is 9.29. The van der Waals surface area contributed by atoms with Crippen LogP contribution in [0.4, 0.5) is 0 Å². The average Bonchev–Trinajstić information content (AvgIpc) is 2.89. The smallest absolute Gasteiger partial charge is 0.273 e. The number of nitrogens with zero attached hydrogens (tertiary/aromatic N) is 2. The van der Waals surface area contributed by atoms with Gasteiger partial charge >= 0.3 is 0 Å². The van der Waals surface area contributed by atoms with E-state index in [0.717, 1.165) is 5.01 Å². The molecule has 17 heavy (non-hydrogen) atoms. The average molecular weight is 272 g/mol. The summed E-state index contributed by atoms with van der Waals surface area (Å²) in [4.78, 5) is 18.0. The second kappa shape index (κ2) is 3.52. The number of aryl methyl sites for hydroxylation is 1. The van der Waals surface area contributed by atoms with Crippen molar-refractivity contribution in [2.45, 2.75) is 24.6 Å². The van der Waals surface area contributed by atoms with E-state index in [0.29, 0.717) is 18.7 Å². The Morgan fingerprint density at radius 2 is 2.35 bits per heavy atom. The van der Waals surface area contributed by atoms with Gasteiger partial charge in [-0.15, -0.1) is 11.3 Å². The molecular weight excluding hydrogens is 260 g/mol. The van der Waals surface area contributed by atoms with Crippen molar-refractivity contribution in [1.29, 1.82) is 0 Å². The molecular formula is C10H12N2O3S2. The van der Waals surface area contributed by atoms with Crippen molar-refractivity contribution in [2.24, 2.45) is 0 Å². The topological polar surface area (TPSA) is 67.3 Å². The van der Waals surface area contributed by atoms with Gasteiger partial charge in [-0.3, -0.25) is 4.79 Å². The van der Waals surface area contributed by atoms with Crippen LogP contribution in [-0.4, -0.2) is 47.8 Å². The number of carbonyl (C=O) groups is 1. The van der Waals surface area contributed by atoms with Crippen molar-refractivity contribution in [3.8, 4) is 0 Å². The van der Waals surface area contributed by atoms with Crippen LogP contribution in [0.5, 0.6) is 0 Å². The van der Waals surface area contributed by atoms with Crippen molar-refractivity contribution in [3.05, 3.63) is 16.1 Å². The molecule has 2 aliphatic rings. The number of hydrogen-bond donors (Lipinski definition) is 0. The largest absolute Gasteiger partial charge is 0.332 e. The van der Waals surface area contributed by atoms with Crippen LogP contribution in [-0.2, 0) is 9.84 Å². The van der Waals surface area contributed by atoms with Gasteiger partial charge in [-0.05, 0) is 13.3 Å². The number of rotatable bonds is 1. The summed E-state index contributed by atoms with van der Waals surface area (Å²) in [6.45, 7) is 2.18. The number of fused-ring (bicyclic) bond motifs is 2. The predicted octanol–water partition coefficient (Wildman–Crippen LogP) is 0.463. The third kappa shape index (κ3) is 1.68. The van der Waals surface area contributed by atoms with Gasteiger partial charge in [0.05, 0.1) is 16.0 Å². The van der Waals surface area contributed by atoms with Gasteiger partial charge in [-0.25, -0.2) is 13.4 Å². The van der Waals surface area contributed by atoms with E-state index in [9.17, 15) is 13.2 Å². The molecule has 0 aromatic carbocycles. The van der Waals surface area contributed by atoms with Gasteiger partial charge in [0.1, 0.15) is 5.69 Å². The minimum absolute atomic E-state index is 0.118.